The van der Waals surface area contributed by atoms with Crippen molar-refractivity contribution in [1.29, 1.82) is 0 Å². The number of unbranched alkanes of at least 4 members (excludes halogenated alkanes) is 1. The first-order valence-corrected chi connectivity index (χ1v) is 8.00. The molecule has 22 heavy (non-hydrogen) atoms. The fraction of sp³-hybridized carbons (Fsp3) is 0.333. The summed E-state index contributed by atoms with van der Waals surface area (Å²) in [5.74, 6) is 0. The van der Waals surface area contributed by atoms with E-state index in [0.717, 1.165) is 35.6 Å². The number of hydrogen-bond acceptors (Lipinski definition) is 3. The molecule has 0 saturated heterocycles. The number of hydrogen-bond donors (Lipinski definition) is 1. The average Bonchev–Trinajstić information content (AvgIpc) is 2.93. The quantitative estimate of drug-likeness (QED) is 0.802. The molecular formula is C15H19Cl2N3OS. The van der Waals surface area contributed by atoms with E-state index in [4.69, 9.17) is 11.6 Å². The molecule has 2 aromatic rings. The minimum absolute atomic E-state index is 0. The van der Waals surface area contributed by atoms with Crippen LogP contribution in [0.4, 0.5) is 9.80 Å². The Balaban J connectivity index is 0.00000242. The van der Waals surface area contributed by atoms with E-state index in [1.54, 1.807) is 11.9 Å². The minimum atomic E-state index is -0.102. The van der Waals surface area contributed by atoms with E-state index < -0.39 is 0 Å². The highest BCUT2D eigenvalue weighted by Gasteiger charge is 2.11. The Morgan fingerprint density at radius 2 is 2.05 bits per heavy atom. The molecular weight excluding hydrogens is 341 g/mol. The van der Waals surface area contributed by atoms with E-state index in [-0.39, 0.29) is 18.4 Å². The molecule has 1 aromatic carbocycles. The van der Waals surface area contributed by atoms with Gasteiger partial charge in [0.1, 0.15) is 5.00 Å². The summed E-state index contributed by atoms with van der Waals surface area (Å²) in [4.78, 5) is 13.7. The molecule has 0 saturated carbocycles. The van der Waals surface area contributed by atoms with Crippen molar-refractivity contribution in [2.45, 2.75) is 19.8 Å². The maximum atomic E-state index is 12.0. The van der Waals surface area contributed by atoms with Crippen LogP contribution < -0.4 is 5.32 Å². The molecule has 7 heteroatoms. The summed E-state index contributed by atoms with van der Waals surface area (Å²) in [6, 6.07) is 9.25. The van der Waals surface area contributed by atoms with E-state index in [2.05, 4.69) is 16.6 Å². The molecule has 0 aliphatic rings. The molecule has 0 atom stereocenters. The van der Waals surface area contributed by atoms with Crippen LogP contribution in [-0.4, -0.2) is 28.9 Å². The normalized spacial score (nSPS) is 9.95. The molecule has 0 radical (unpaired) electrons. The summed E-state index contributed by atoms with van der Waals surface area (Å²) in [6.07, 6.45) is 2.07. The molecule has 0 aliphatic heterocycles. The number of carbonyl (C=O) groups is 1. The summed E-state index contributed by atoms with van der Waals surface area (Å²) in [5, 5.41) is 4.31. The third kappa shape index (κ3) is 5.16. The molecule has 0 fully saturated rings. The number of benzene rings is 1. The van der Waals surface area contributed by atoms with Crippen LogP contribution in [0.5, 0.6) is 0 Å². The number of aromatic nitrogens is 1. The third-order valence-electron chi connectivity index (χ3n) is 3.07. The van der Waals surface area contributed by atoms with Gasteiger partial charge in [-0.25, -0.2) is 4.79 Å². The van der Waals surface area contributed by atoms with Gasteiger partial charge in [-0.1, -0.05) is 37.1 Å². The predicted molar refractivity (Wildman–Crippen MR) is 96.4 cm³/mol. The van der Waals surface area contributed by atoms with Crippen LogP contribution in [-0.2, 0) is 0 Å². The van der Waals surface area contributed by atoms with Gasteiger partial charge in [0.2, 0.25) is 0 Å². The second-order valence-corrected chi connectivity index (χ2v) is 6.03. The van der Waals surface area contributed by atoms with Crippen molar-refractivity contribution in [3.63, 3.8) is 0 Å². The number of nitrogens with one attached hydrogen (secondary N) is 1. The molecule has 1 N–H and O–H groups in total. The number of amides is 2. The van der Waals surface area contributed by atoms with Crippen LogP contribution in [0.1, 0.15) is 19.8 Å². The SMILES string of the molecule is CCCCN(C)C(=O)Nc1cc(-c2ccc(Cl)cc2)ns1.Cl. The molecule has 4 nitrogen and oxygen atoms in total. The van der Waals surface area contributed by atoms with Gasteiger partial charge in [-0.05, 0) is 30.1 Å². The highest BCUT2D eigenvalue weighted by Crippen LogP contribution is 2.26. The Morgan fingerprint density at radius 3 is 2.68 bits per heavy atom. The van der Waals surface area contributed by atoms with Crippen molar-refractivity contribution in [3.8, 4) is 11.3 Å². The smallest absolute Gasteiger partial charge is 0.322 e. The minimum Gasteiger partial charge on any atom is -0.328 e. The van der Waals surface area contributed by atoms with E-state index in [1.165, 1.54) is 11.5 Å². The monoisotopic (exact) mass is 359 g/mol. The van der Waals surface area contributed by atoms with Crippen LogP contribution >= 0.6 is 35.5 Å². The Morgan fingerprint density at radius 1 is 1.36 bits per heavy atom. The van der Waals surface area contributed by atoms with Crippen molar-refractivity contribution in [2.75, 3.05) is 18.9 Å². The second kappa shape index (κ2) is 8.98. The van der Waals surface area contributed by atoms with Gasteiger partial charge in [0.05, 0.1) is 5.69 Å². The summed E-state index contributed by atoms with van der Waals surface area (Å²) >= 11 is 7.15. The topological polar surface area (TPSA) is 45.2 Å². The summed E-state index contributed by atoms with van der Waals surface area (Å²) in [5.41, 5.74) is 1.82. The fourth-order valence-corrected chi connectivity index (χ4v) is 2.57. The first-order valence-electron chi connectivity index (χ1n) is 6.85. The zero-order chi connectivity index (χ0) is 15.2. The zero-order valence-corrected chi connectivity index (χ0v) is 14.9. The van der Waals surface area contributed by atoms with Gasteiger partial charge in [0.25, 0.3) is 0 Å². The Labute approximate surface area is 146 Å². The van der Waals surface area contributed by atoms with Crippen molar-refractivity contribution >= 4 is 46.6 Å². The largest absolute Gasteiger partial charge is 0.328 e. The standard InChI is InChI=1S/C15H18ClN3OS.ClH/c1-3-4-9-19(2)15(20)17-14-10-13(18-21-14)11-5-7-12(16)8-6-11;/h5-8,10H,3-4,9H2,1-2H3,(H,17,20);1H. The predicted octanol–water partition coefficient (Wildman–Crippen LogP) is 5.15. The summed E-state index contributed by atoms with van der Waals surface area (Å²) in [6.45, 7) is 2.86. The number of urea groups is 1. The fourth-order valence-electron chi connectivity index (χ4n) is 1.79. The highest BCUT2D eigenvalue weighted by molar-refractivity contribution is 7.10. The number of anilines is 1. The first-order chi connectivity index (χ1) is 10.1. The Kier molecular flexibility index (Phi) is 7.65. The van der Waals surface area contributed by atoms with Gasteiger partial charge in [-0.15, -0.1) is 12.4 Å². The number of halogens is 2. The lowest BCUT2D eigenvalue weighted by molar-refractivity contribution is 0.222. The lowest BCUT2D eigenvalue weighted by Gasteiger charge is -2.16. The van der Waals surface area contributed by atoms with E-state index in [9.17, 15) is 4.79 Å². The van der Waals surface area contributed by atoms with Gasteiger partial charge in [0, 0.05) is 30.2 Å². The Bertz CT molecular complexity index is 601. The third-order valence-corrected chi connectivity index (χ3v) is 4.03. The van der Waals surface area contributed by atoms with Crippen molar-refractivity contribution < 1.29 is 4.79 Å². The van der Waals surface area contributed by atoms with Crippen molar-refractivity contribution in [1.82, 2.24) is 9.27 Å². The molecule has 0 aliphatic carbocycles. The van der Waals surface area contributed by atoms with Gasteiger partial charge >= 0.3 is 6.03 Å². The van der Waals surface area contributed by atoms with Crippen molar-refractivity contribution in [3.05, 3.63) is 35.4 Å². The van der Waals surface area contributed by atoms with Gasteiger partial charge in [-0.2, -0.15) is 4.37 Å². The molecule has 120 valence electrons. The first kappa shape index (κ1) is 18.7. The maximum Gasteiger partial charge on any atom is 0.322 e. The molecule has 2 amide bonds. The zero-order valence-electron chi connectivity index (χ0n) is 12.5. The van der Waals surface area contributed by atoms with Gasteiger partial charge in [0.15, 0.2) is 0 Å². The summed E-state index contributed by atoms with van der Waals surface area (Å²) in [7, 11) is 1.80. The van der Waals surface area contributed by atoms with Crippen LogP contribution in [0.3, 0.4) is 0 Å². The lowest BCUT2D eigenvalue weighted by atomic mass is 10.1. The highest BCUT2D eigenvalue weighted by atomic mass is 35.5. The molecule has 1 aromatic heterocycles. The number of rotatable bonds is 5. The van der Waals surface area contributed by atoms with E-state index in [0.29, 0.717) is 5.02 Å². The van der Waals surface area contributed by atoms with Gasteiger partial charge < -0.3 is 4.90 Å². The van der Waals surface area contributed by atoms with Gasteiger partial charge in [-0.3, -0.25) is 5.32 Å². The van der Waals surface area contributed by atoms with Crippen LogP contribution in [0.2, 0.25) is 5.02 Å². The maximum absolute atomic E-state index is 12.0. The van der Waals surface area contributed by atoms with E-state index in [1.807, 2.05) is 30.3 Å². The summed E-state index contributed by atoms with van der Waals surface area (Å²) < 4.78 is 4.36. The molecule has 0 unspecified atom stereocenters. The molecule has 0 bridgehead atoms. The van der Waals surface area contributed by atoms with Crippen LogP contribution in [0.25, 0.3) is 11.3 Å². The molecule has 0 spiro atoms. The Hall–Kier alpha value is -1.30. The number of nitrogens with zero attached hydrogens (tertiary/aromatic N) is 2. The molecule has 1 heterocycles. The molecule has 2 rings (SSSR count). The second-order valence-electron chi connectivity index (χ2n) is 4.79. The van der Waals surface area contributed by atoms with E-state index >= 15 is 0 Å². The van der Waals surface area contributed by atoms with Crippen molar-refractivity contribution in [2.24, 2.45) is 0 Å². The average molecular weight is 360 g/mol. The lowest BCUT2D eigenvalue weighted by Crippen LogP contribution is -2.31. The van der Waals surface area contributed by atoms with Crippen LogP contribution in [0.15, 0.2) is 30.3 Å². The number of carbonyl (C=O) groups excluding carboxylic acids is 1. The van der Waals surface area contributed by atoms with Crippen LogP contribution in [0, 0.1) is 0 Å².